The van der Waals surface area contributed by atoms with Gasteiger partial charge in [-0.05, 0) is 49.7 Å². The summed E-state index contributed by atoms with van der Waals surface area (Å²) in [5.41, 5.74) is 4.83. The van der Waals surface area contributed by atoms with Gasteiger partial charge >= 0.3 is 0 Å². The zero-order valence-corrected chi connectivity index (χ0v) is 11.6. The Labute approximate surface area is 113 Å². The minimum absolute atomic E-state index is 0.0992. The molecule has 0 saturated carbocycles. The highest BCUT2D eigenvalue weighted by atomic mass is 35.5. The van der Waals surface area contributed by atoms with E-state index in [1.807, 2.05) is 19.2 Å². The van der Waals surface area contributed by atoms with Gasteiger partial charge in [-0.3, -0.25) is 4.98 Å². The predicted molar refractivity (Wildman–Crippen MR) is 76.1 cm³/mol. The number of hydrogen-bond acceptors (Lipinski definition) is 2. The van der Waals surface area contributed by atoms with Gasteiger partial charge in [0.2, 0.25) is 0 Å². The number of aryl methyl sites for hydroxylation is 1. The molecule has 0 aliphatic heterocycles. The molecular weight excluding hydrogens is 244 g/mol. The van der Waals surface area contributed by atoms with Crippen LogP contribution < -0.4 is 5.32 Å². The molecule has 0 aliphatic rings. The van der Waals surface area contributed by atoms with Gasteiger partial charge in [0.1, 0.15) is 0 Å². The monoisotopic (exact) mass is 260 g/mol. The van der Waals surface area contributed by atoms with Gasteiger partial charge in [0.25, 0.3) is 0 Å². The van der Waals surface area contributed by atoms with Crippen LogP contribution in [0.2, 0.25) is 5.02 Å². The van der Waals surface area contributed by atoms with Crippen LogP contribution in [0.15, 0.2) is 36.5 Å². The van der Waals surface area contributed by atoms with Crippen LogP contribution >= 0.6 is 11.6 Å². The van der Waals surface area contributed by atoms with E-state index in [2.05, 4.69) is 42.3 Å². The molecule has 2 nitrogen and oxygen atoms in total. The number of aromatic nitrogens is 1. The third-order valence-electron chi connectivity index (χ3n) is 3.29. The molecule has 18 heavy (non-hydrogen) atoms. The maximum Gasteiger partial charge on any atom is 0.0751 e. The number of benzene rings is 1. The van der Waals surface area contributed by atoms with Crippen LogP contribution in [0.4, 0.5) is 0 Å². The molecule has 94 valence electrons. The van der Waals surface area contributed by atoms with Crippen molar-refractivity contribution in [3.05, 3.63) is 63.9 Å². The summed E-state index contributed by atoms with van der Waals surface area (Å²) >= 11 is 5.88. The quantitative estimate of drug-likeness (QED) is 0.911. The fraction of sp³-hybridized carbons (Fsp3) is 0.267. The predicted octanol–water partition coefficient (Wildman–Crippen LogP) is 3.66. The van der Waals surface area contributed by atoms with Crippen LogP contribution in [0.1, 0.15) is 28.4 Å². The van der Waals surface area contributed by atoms with Crippen molar-refractivity contribution >= 4 is 11.6 Å². The smallest absolute Gasteiger partial charge is 0.0751 e. The lowest BCUT2D eigenvalue weighted by Gasteiger charge is -2.19. The molecule has 0 amide bonds. The summed E-state index contributed by atoms with van der Waals surface area (Å²) in [5, 5.41) is 3.98. The first-order valence-corrected chi connectivity index (χ1v) is 6.36. The van der Waals surface area contributed by atoms with Crippen LogP contribution in [-0.4, -0.2) is 12.0 Å². The molecule has 0 aliphatic carbocycles. The van der Waals surface area contributed by atoms with Crippen molar-refractivity contribution in [3.63, 3.8) is 0 Å². The molecule has 0 fully saturated rings. The Bertz CT molecular complexity index is 535. The molecule has 1 N–H and O–H groups in total. The van der Waals surface area contributed by atoms with E-state index in [1.165, 1.54) is 16.7 Å². The van der Waals surface area contributed by atoms with Crippen molar-refractivity contribution in [2.45, 2.75) is 19.9 Å². The van der Waals surface area contributed by atoms with Gasteiger partial charge in [-0.15, -0.1) is 0 Å². The average molecular weight is 261 g/mol. The maximum atomic E-state index is 5.88. The number of hydrogen-bond donors (Lipinski definition) is 1. The summed E-state index contributed by atoms with van der Waals surface area (Å²) in [7, 11) is 1.95. The number of halogens is 1. The summed E-state index contributed by atoms with van der Waals surface area (Å²) < 4.78 is 0. The Morgan fingerprint density at radius 3 is 2.56 bits per heavy atom. The molecule has 1 atom stereocenters. The van der Waals surface area contributed by atoms with E-state index >= 15 is 0 Å². The summed E-state index contributed by atoms with van der Waals surface area (Å²) in [6.45, 7) is 4.27. The summed E-state index contributed by atoms with van der Waals surface area (Å²) in [4.78, 5) is 4.40. The van der Waals surface area contributed by atoms with Crippen LogP contribution in [-0.2, 0) is 0 Å². The van der Waals surface area contributed by atoms with Gasteiger partial charge in [-0.2, -0.15) is 0 Å². The molecular formula is C15H17ClN2. The number of rotatable bonds is 3. The fourth-order valence-corrected chi connectivity index (χ4v) is 2.22. The number of pyridine rings is 1. The normalized spacial score (nSPS) is 12.4. The molecule has 2 rings (SSSR count). The lowest BCUT2D eigenvalue weighted by atomic mass is 9.95. The Hall–Kier alpha value is -1.38. The molecule has 0 saturated heterocycles. The average Bonchev–Trinajstić information content (AvgIpc) is 2.37. The Balaban J connectivity index is 2.45. The van der Waals surface area contributed by atoms with E-state index < -0.39 is 0 Å². The standard InChI is InChI=1S/C15H17ClN2/c1-10-5-4-6-13(11(10)2)15(17-3)14-8-7-12(16)9-18-14/h4-9,15,17H,1-3H3. The van der Waals surface area contributed by atoms with E-state index in [4.69, 9.17) is 11.6 Å². The largest absolute Gasteiger partial charge is 0.308 e. The summed E-state index contributed by atoms with van der Waals surface area (Å²) in [5.74, 6) is 0. The number of nitrogens with zero attached hydrogens (tertiary/aromatic N) is 1. The fourth-order valence-electron chi connectivity index (χ4n) is 2.11. The Kier molecular flexibility index (Phi) is 4.00. The molecule has 0 bridgehead atoms. The first kappa shape index (κ1) is 13.1. The lowest BCUT2D eigenvalue weighted by Crippen LogP contribution is -2.20. The molecule has 0 radical (unpaired) electrons. The lowest BCUT2D eigenvalue weighted by molar-refractivity contribution is 0.666. The van der Waals surface area contributed by atoms with Crippen molar-refractivity contribution in [3.8, 4) is 0 Å². The Morgan fingerprint density at radius 2 is 1.94 bits per heavy atom. The van der Waals surface area contributed by atoms with Crippen molar-refractivity contribution in [2.24, 2.45) is 0 Å². The summed E-state index contributed by atoms with van der Waals surface area (Å²) in [6.07, 6.45) is 1.69. The first-order valence-electron chi connectivity index (χ1n) is 5.98. The SMILES string of the molecule is CNC(c1ccc(Cl)cn1)c1cccc(C)c1C. The maximum absolute atomic E-state index is 5.88. The second kappa shape index (κ2) is 5.51. The van der Waals surface area contributed by atoms with Gasteiger partial charge < -0.3 is 5.32 Å². The molecule has 1 aromatic heterocycles. The van der Waals surface area contributed by atoms with Crippen molar-refractivity contribution in [1.29, 1.82) is 0 Å². The highest BCUT2D eigenvalue weighted by Crippen LogP contribution is 2.25. The van der Waals surface area contributed by atoms with Crippen LogP contribution in [0.25, 0.3) is 0 Å². The molecule has 2 aromatic rings. The van der Waals surface area contributed by atoms with Crippen LogP contribution in [0.3, 0.4) is 0 Å². The van der Waals surface area contributed by atoms with Gasteiger partial charge in [0.15, 0.2) is 0 Å². The Morgan fingerprint density at radius 1 is 1.17 bits per heavy atom. The highest BCUT2D eigenvalue weighted by molar-refractivity contribution is 6.30. The van der Waals surface area contributed by atoms with Gasteiger partial charge in [-0.25, -0.2) is 0 Å². The zero-order chi connectivity index (χ0) is 13.1. The minimum Gasteiger partial charge on any atom is -0.308 e. The third-order valence-corrected chi connectivity index (χ3v) is 3.52. The van der Waals surface area contributed by atoms with Gasteiger partial charge in [-0.1, -0.05) is 29.8 Å². The van der Waals surface area contributed by atoms with E-state index in [-0.39, 0.29) is 6.04 Å². The van der Waals surface area contributed by atoms with E-state index in [1.54, 1.807) is 6.20 Å². The first-order chi connectivity index (χ1) is 8.63. The molecule has 1 heterocycles. The zero-order valence-electron chi connectivity index (χ0n) is 10.9. The second-order valence-corrected chi connectivity index (χ2v) is 4.85. The van der Waals surface area contributed by atoms with Crippen molar-refractivity contribution in [1.82, 2.24) is 10.3 Å². The van der Waals surface area contributed by atoms with Crippen molar-refractivity contribution < 1.29 is 0 Å². The van der Waals surface area contributed by atoms with E-state index in [9.17, 15) is 0 Å². The topological polar surface area (TPSA) is 24.9 Å². The van der Waals surface area contributed by atoms with E-state index in [0.717, 1.165) is 5.69 Å². The minimum atomic E-state index is 0.0992. The summed E-state index contributed by atoms with van der Waals surface area (Å²) in [6, 6.07) is 10.3. The highest BCUT2D eigenvalue weighted by Gasteiger charge is 2.15. The molecule has 0 spiro atoms. The molecule has 3 heteroatoms. The third kappa shape index (κ3) is 2.55. The second-order valence-electron chi connectivity index (χ2n) is 4.41. The van der Waals surface area contributed by atoms with Crippen LogP contribution in [0, 0.1) is 13.8 Å². The van der Waals surface area contributed by atoms with Gasteiger partial charge in [0.05, 0.1) is 16.8 Å². The molecule has 1 unspecified atom stereocenters. The number of nitrogens with one attached hydrogen (secondary N) is 1. The van der Waals surface area contributed by atoms with Gasteiger partial charge in [0, 0.05) is 6.20 Å². The van der Waals surface area contributed by atoms with Crippen LogP contribution in [0.5, 0.6) is 0 Å². The molecule has 1 aromatic carbocycles. The van der Waals surface area contributed by atoms with Crippen molar-refractivity contribution in [2.75, 3.05) is 7.05 Å². The van der Waals surface area contributed by atoms with E-state index in [0.29, 0.717) is 5.02 Å².